The van der Waals surface area contributed by atoms with Gasteiger partial charge in [0, 0.05) is 4.47 Å². The van der Waals surface area contributed by atoms with Gasteiger partial charge in [-0.3, -0.25) is 0 Å². The Morgan fingerprint density at radius 1 is 1.50 bits per heavy atom. The van der Waals surface area contributed by atoms with E-state index < -0.39 is 5.82 Å². The summed E-state index contributed by atoms with van der Waals surface area (Å²) in [6.07, 6.45) is 0. The van der Waals surface area contributed by atoms with E-state index in [9.17, 15) is 4.39 Å². The van der Waals surface area contributed by atoms with Crippen LogP contribution in [0.2, 0.25) is 5.02 Å². The first kappa shape index (κ1) is 13.4. The van der Waals surface area contributed by atoms with E-state index in [4.69, 9.17) is 11.6 Å². The largest absolute Gasteiger partial charge is 0.310 e. The minimum atomic E-state index is -0.420. The number of aromatic nitrogens is 4. The fourth-order valence-electron chi connectivity index (χ4n) is 1.46. The topological polar surface area (TPSA) is 55.6 Å². The molecule has 0 fully saturated rings. The van der Waals surface area contributed by atoms with Crippen LogP contribution in [-0.2, 0) is 6.54 Å². The van der Waals surface area contributed by atoms with Crippen molar-refractivity contribution < 1.29 is 4.39 Å². The first-order valence-electron chi connectivity index (χ1n) is 5.26. The van der Waals surface area contributed by atoms with Gasteiger partial charge in [-0.25, -0.2) is 4.39 Å². The van der Waals surface area contributed by atoms with E-state index in [1.807, 2.05) is 6.92 Å². The molecule has 2 aromatic rings. The van der Waals surface area contributed by atoms with Crippen molar-refractivity contribution in [3.63, 3.8) is 0 Å². The van der Waals surface area contributed by atoms with E-state index >= 15 is 0 Å². The molecule has 0 saturated carbocycles. The quantitative estimate of drug-likeness (QED) is 0.932. The van der Waals surface area contributed by atoms with E-state index in [2.05, 4.69) is 36.8 Å². The molecule has 0 aliphatic rings. The zero-order valence-electron chi connectivity index (χ0n) is 9.49. The summed E-state index contributed by atoms with van der Waals surface area (Å²) in [7, 11) is 0. The van der Waals surface area contributed by atoms with Crippen molar-refractivity contribution in [1.82, 2.24) is 25.5 Å². The van der Waals surface area contributed by atoms with Crippen LogP contribution in [0, 0.1) is 5.82 Å². The van der Waals surface area contributed by atoms with Crippen molar-refractivity contribution in [1.29, 1.82) is 0 Å². The molecule has 0 atom stereocenters. The van der Waals surface area contributed by atoms with Gasteiger partial charge in [0.2, 0.25) is 0 Å². The molecule has 1 N–H and O–H groups in total. The molecule has 8 heteroatoms. The van der Waals surface area contributed by atoms with Crippen molar-refractivity contribution in [2.75, 3.05) is 6.54 Å². The smallest absolute Gasteiger partial charge is 0.170 e. The number of hydrogen-bond donors (Lipinski definition) is 1. The van der Waals surface area contributed by atoms with Crippen molar-refractivity contribution in [2.45, 2.75) is 13.5 Å². The molecule has 0 saturated heterocycles. The monoisotopic (exact) mass is 333 g/mol. The van der Waals surface area contributed by atoms with Crippen molar-refractivity contribution in [3.05, 3.63) is 33.3 Å². The van der Waals surface area contributed by atoms with Gasteiger partial charge in [-0.2, -0.15) is 4.68 Å². The predicted octanol–water partition coefficient (Wildman–Crippen LogP) is 2.33. The van der Waals surface area contributed by atoms with E-state index in [1.54, 1.807) is 0 Å². The molecule has 1 heterocycles. The first-order chi connectivity index (χ1) is 8.63. The molecule has 1 aromatic heterocycles. The molecule has 96 valence electrons. The van der Waals surface area contributed by atoms with Gasteiger partial charge in [0.15, 0.2) is 5.82 Å². The van der Waals surface area contributed by atoms with Crippen molar-refractivity contribution in [2.24, 2.45) is 0 Å². The standard InChI is InChI=1S/C10H10BrClFN5/c1-2-14-5-9-15-16-17-18(9)10-7(11)3-6(13)4-8(10)12/h3-4,14H,2,5H2,1H3. The second-order valence-corrected chi connectivity index (χ2v) is 4.77. The minimum absolute atomic E-state index is 0.243. The van der Waals surface area contributed by atoms with Crippen LogP contribution in [0.5, 0.6) is 0 Å². The first-order valence-corrected chi connectivity index (χ1v) is 6.43. The lowest BCUT2D eigenvalue weighted by Crippen LogP contribution is -2.16. The fraction of sp³-hybridized carbons (Fsp3) is 0.300. The summed E-state index contributed by atoms with van der Waals surface area (Å²) >= 11 is 9.29. The third-order valence-electron chi connectivity index (χ3n) is 2.26. The predicted molar refractivity (Wildman–Crippen MR) is 69.2 cm³/mol. The molecule has 0 unspecified atom stereocenters. The Morgan fingerprint density at radius 3 is 2.94 bits per heavy atom. The SMILES string of the molecule is CCNCc1nnnn1-c1c(Cl)cc(F)cc1Br. The Kier molecular flexibility index (Phi) is 4.26. The number of rotatable bonds is 4. The van der Waals surface area contributed by atoms with E-state index in [0.717, 1.165) is 6.54 Å². The molecule has 18 heavy (non-hydrogen) atoms. The summed E-state index contributed by atoms with van der Waals surface area (Å²) in [4.78, 5) is 0. The average molecular weight is 335 g/mol. The van der Waals surface area contributed by atoms with Crippen molar-refractivity contribution in [3.8, 4) is 5.69 Å². The number of halogens is 3. The fourth-order valence-corrected chi connectivity index (χ4v) is 2.46. The van der Waals surface area contributed by atoms with Gasteiger partial charge in [-0.1, -0.05) is 18.5 Å². The van der Waals surface area contributed by atoms with Crippen LogP contribution >= 0.6 is 27.5 Å². The third kappa shape index (κ3) is 2.68. The number of hydrogen-bond acceptors (Lipinski definition) is 4. The Bertz CT molecular complexity index is 536. The van der Waals surface area contributed by atoms with Crippen LogP contribution in [0.25, 0.3) is 5.69 Å². The Balaban J connectivity index is 2.46. The maximum absolute atomic E-state index is 13.2. The molecule has 0 aliphatic carbocycles. The molecular formula is C10H10BrClFN5. The second kappa shape index (κ2) is 5.73. The Hall–Kier alpha value is -1.05. The highest BCUT2D eigenvalue weighted by molar-refractivity contribution is 9.10. The molecule has 0 aliphatic heterocycles. The summed E-state index contributed by atoms with van der Waals surface area (Å²) in [5.41, 5.74) is 0.524. The second-order valence-electron chi connectivity index (χ2n) is 3.51. The molecule has 0 bridgehead atoms. The van der Waals surface area contributed by atoms with Crippen LogP contribution in [0.15, 0.2) is 16.6 Å². The number of tetrazole rings is 1. The summed E-state index contributed by atoms with van der Waals surface area (Å²) < 4.78 is 15.1. The van der Waals surface area contributed by atoms with Gasteiger partial charge in [-0.15, -0.1) is 5.10 Å². The lowest BCUT2D eigenvalue weighted by atomic mass is 10.3. The van der Waals surface area contributed by atoms with Crippen LogP contribution in [0.1, 0.15) is 12.7 Å². The summed E-state index contributed by atoms with van der Waals surface area (Å²) in [5, 5.41) is 14.7. The average Bonchev–Trinajstić information content (AvgIpc) is 2.73. The van der Waals surface area contributed by atoms with Crippen LogP contribution < -0.4 is 5.32 Å². The molecule has 0 spiro atoms. The van der Waals surface area contributed by atoms with Gasteiger partial charge in [0.25, 0.3) is 0 Å². The normalized spacial score (nSPS) is 10.9. The van der Waals surface area contributed by atoms with Gasteiger partial charge in [0.05, 0.1) is 11.6 Å². The molecule has 0 amide bonds. The van der Waals surface area contributed by atoms with E-state index in [-0.39, 0.29) is 5.02 Å². The van der Waals surface area contributed by atoms with Gasteiger partial charge >= 0.3 is 0 Å². The lowest BCUT2D eigenvalue weighted by Gasteiger charge is -2.09. The molecule has 0 radical (unpaired) electrons. The molecule has 1 aromatic carbocycles. The number of benzene rings is 1. The van der Waals surface area contributed by atoms with Crippen LogP contribution in [0.3, 0.4) is 0 Å². The number of nitrogens with one attached hydrogen (secondary N) is 1. The highest BCUT2D eigenvalue weighted by Gasteiger charge is 2.15. The van der Waals surface area contributed by atoms with Crippen LogP contribution in [-0.4, -0.2) is 26.8 Å². The summed E-state index contributed by atoms with van der Waals surface area (Å²) in [5.74, 6) is 0.183. The zero-order chi connectivity index (χ0) is 13.1. The van der Waals surface area contributed by atoms with E-state index in [0.29, 0.717) is 22.5 Å². The highest BCUT2D eigenvalue weighted by atomic mass is 79.9. The third-order valence-corrected chi connectivity index (χ3v) is 3.15. The summed E-state index contributed by atoms with van der Waals surface area (Å²) in [6.45, 7) is 3.28. The van der Waals surface area contributed by atoms with Crippen molar-refractivity contribution >= 4 is 27.5 Å². The Labute approximate surface area is 116 Å². The van der Waals surface area contributed by atoms with Gasteiger partial charge in [-0.05, 0) is 45.0 Å². The molecular weight excluding hydrogens is 324 g/mol. The van der Waals surface area contributed by atoms with E-state index in [1.165, 1.54) is 16.8 Å². The minimum Gasteiger partial charge on any atom is -0.310 e. The zero-order valence-corrected chi connectivity index (χ0v) is 11.8. The number of nitrogens with zero attached hydrogens (tertiary/aromatic N) is 4. The lowest BCUT2D eigenvalue weighted by molar-refractivity contribution is 0.624. The molecule has 2 rings (SSSR count). The Morgan fingerprint density at radius 2 is 2.28 bits per heavy atom. The maximum atomic E-state index is 13.2. The van der Waals surface area contributed by atoms with Crippen LogP contribution in [0.4, 0.5) is 4.39 Å². The van der Waals surface area contributed by atoms with Gasteiger partial charge < -0.3 is 5.32 Å². The highest BCUT2D eigenvalue weighted by Crippen LogP contribution is 2.29. The maximum Gasteiger partial charge on any atom is 0.170 e. The molecule has 5 nitrogen and oxygen atoms in total. The van der Waals surface area contributed by atoms with Gasteiger partial charge in [0.1, 0.15) is 11.5 Å². The summed E-state index contributed by atoms with van der Waals surface area (Å²) in [6, 6.07) is 2.54.